The molecule has 0 aliphatic rings. The lowest BCUT2D eigenvalue weighted by Gasteiger charge is -2.12. The van der Waals surface area contributed by atoms with Gasteiger partial charge in [-0.15, -0.1) is 10.2 Å². The summed E-state index contributed by atoms with van der Waals surface area (Å²) in [5.74, 6) is 1.40. The van der Waals surface area contributed by atoms with E-state index in [0.717, 1.165) is 17.0 Å². The SMILES string of the molecule is COc1ccc(C)cc1NC(=O)CSc1nnc(Cc2ccc(Cl)cc2)n1-n1cccc1. The molecule has 164 valence electrons. The highest BCUT2D eigenvalue weighted by atomic mass is 35.5. The van der Waals surface area contributed by atoms with Crippen molar-refractivity contribution in [2.45, 2.75) is 18.5 Å². The number of aromatic nitrogens is 4. The number of nitrogens with one attached hydrogen (secondary N) is 1. The van der Waals surface area contributed by atoms with E-state index in [1.807, 2.05) is 83.3 Å². The van der Waals surface area contributed by atoms with Crippen molar-refractivity contribution < 1.29 is 9.53 Å². The number of thioether (sulfide) groups is 1. The molecule has 0 radical (unpaired) electrons. The molecule has 1 N–H and O–H groups in total. The van der Waals surface area contributed by atoms with Crippen LogP contribution >= 0.6 is 23.4 Å². The fourth-order valence-electron chi connectivity index (χ4n) is 3.21. The number of ether oxygens (including phenoxy) is 1. The molecule has 0 fully saturated rings. The molecule has 0 saturated carbocycles. The van der Waals surface area contributed by atoms with E-state index in [-0.39, 0.29) is 11.7 Å². The normalized spacial score (nSPS) is 10.8. The Morgan fingerprint density at radius 3 is 2.59 bits per heavy atom. The summed E-state index contributed by atoms with van der Waals surface area (Å²) in [4.78, 5) is 12.6. The molecule has 0 atom stereocenters. The summed E-state index contributed by atoms with van der Waals surface area (Å²) in [6.45, 7) is 1.96. The number of aryl methyl sites for hydroxylation is 1. The van der Waals surface area contributed by atoms with Gasteiger partial charge in [0.1, 0.15) is 5.75 Å². The quantitative estimate of drug-likeness (QED) is 0.381. The van der Waals surface area contributed by atoms with Crippen LogP contribution in [0.15, 0.2) is 72.1 Å². The summed E-state index contributed by atoms with van der Waals surface area (Å²) in [5.41, 5.74) is 2.75. The largest absolute Gasteiger partial charge is 0.495 e. The van der Waals surface area contributed by atoms with Crippen LogP contribution in [0.5, 0.6) is 5.75 Å². The summed E-state index contributed by atoms with van der Waals surface area (Å²) < 4.78 is 9.14. The van der Waals surface area contributed by atoms with Crippen molar-refractivity contribution in [2.24, 2.45) is 0 Å². The van der Waals surface area contributed by atoms with E-state index in [4.69, 9.17) is 16.3 Å². The average molecular weight is 468 g/mol. The second-order valence-electron chi connectivity index (χ2n) is 7.12. The number of amides is 1. The maximum atomic E-state index is 12.6. The van der Waals surface area contributed by atoms with Gasteiger partial charge in [-0.05, 0) is 54.4 Å². The zero-order valence-electron chi connectivity index (χ0n) is 17.7. The Kier molecular flexibility index (Phi) is 6.82. The lowest BCUT2D eigenvalue weighted by molar-refractivity contribution is -0.113. The van der Waals surface area contributed by atoms with Crippen molar-refractivity contribution in [3.8, 4) is 5.75 Å². The minimum absolute atomic E-state index is 0.153. The molecule has 9 heteroatoms. The smallest absolute Gasteiger partial charge is 0.234 e. The topological polar surface area (TPSA) is 74.0 Å². The molecule has 1 amide bonds. The molecule has 2 aromatic carbocycles. The minimum atomic E-state index is -0.153. The Labute approximate surface area is 195 Å². The molecule has 2 heterocycles. The summed E-state index contributed by atoms with van der Waals surface area (Å²) in [5, 5.41) is 12.9. The van der Waals surface area contributed by atoms with Crippen LogP contribution in [0.25, 0.3) is 0 Å². The number of nitrogens with zero attached hydrogens (tertiary/aromatic N) is 4. The van der Waals surface area contributed by atoms with Crippen LogP contribution in [0.2, 0.25) is 5.02 Å². The predicted molar refractivity (Wildman–Crippen MR) is 127 cm³/mol. The first-order valence-electron chi connectivity index (χ1n) is 9.93. The molecule has 32 heavy (non-hydrogen) atoms. The summed E-state index contributed by atoms with van der Waals surface area (Å²) in [6.07, 6.45) is 4.41. The summed E-state index contributed by atoms with van der Waals surface area (Å²) >= 11 is 7.32. The summed E-state index contributed by atoms with van der Waals surface area (Å²) in [7, 11) is 1.58. The Bertz CT molecular complexity index is 1210. The molecule has 2 aromatic heterocycles. The zero-order chi connectivity index (χ0) is 22.5. The Balaban J connectivity index is 1.51. The molecule has 7 nitrogen and oxygen atoms in total. The fraction of sp³-hybridized carbons (Fsp3) is 0.174. The van der Waals surface area contributed by atoms with Crippen LogP contribution in [0.3, 0.4) is 0 Å². The van der Waals surface area contributed by atoms with Crippen molar-refractivity contribution >= 4 is 35.0 Å². The van der Waals surface area contributed by atoms with Gasteiger partial charge in [-0.2, -0.15) is 0 Å². The number of methoxy groups -OCH3 is 1. The highest BCUT2D eigenvalue weighted by Crippen LogP contribution is 2.26. The van der Waals surface area contributed by atoms with Gasteiger partial charge < -0.3 is 10.1 Å². The average Bonchev–Trinajstić information content (AvgIpc) is 3.44. The van der Waals surface area contributed by atoms with E-state index >= 15 is 0 Å². The molecular weight excluding hydrogens is 446 g/mol. The van der Waals surface area contributed by atoms with Gasteiger partial charge in [0.25, 0.3) is 0 Å². The maximum absolute atomic E-state index is 12.6. The third kappa shape index (κ3) is 5.15. The van der Waals surface area contributed by atoms with Crippen LogP contribution in [0.1, 0.15) is 17.0 Å². The first-order valence-corrected chi connectivity index (χ1v) is 11.3. The number of rotatable bonds is 8. The lowest BCUT2D eigenvalue weighted by atomic mass is 10.1. The first kappa shape index (κ1) is 22.0. The number of carbonyl (C=O) groups excluding carboxylic acids is 1. The van der Waals surface area contributed by atoms with Crippen molar-refractivity contribution in [1.29, 1.82) is 0 Å². The lowest BCUT2D eigenvalue weighted by Crippen LogP contribution is -2.17. The molecule has 0 saturated heterocycles. The van der Waals surface area contributed by atoms with Crippen molar-refractivity contribution in [3.63, 3.8) is 0 Å². The third-order valence-electron chi connectivity index (χ3n) is 4.73. The zero-order valence-corrected chi connectivity index (χ0v) is 19.2. The highest BCUT2D eigenvalue weighted by molar-refractivity contribution is 7.99. The van der Waals surface area contributed by atoms with Gasteiger partial charge >= 0.3 is 0 Å². The van der Waals surface area contributed by atoms with Crippen molar-refractivity contribution in [3.05, 3.63) is 89.0 Å². The van der Waals surface area contributed by atoms with E-state index in [2.05, 4.69) is 15.5 Å². The number of halogens is 1. The van der Waals surface area contributed by atoms with Gasteiger partial charge in [-0.3, -0.25) is 9.47 Å². The predicted octanol–water partition coefficient (Wildman–Crippen LogP) is 4.68. The van der Waals surface area contributed by atoms with Gasteiger partial charge in [0.15, 0.2) is 5.82 Å². The van der Waals surface area contributed by atoms with E-state index in [0.29, 0.717) is 28.0 Å². The van der Waals surface area contributed by atoms with Gasteiger partial charge in [-0.1, -0.05) is 41.6 Å². The Morgan fingerprint density at radius 2 is 1.88 bits per heavy atom. The molecule has 4 aromatic rings. The monoisotopic (exact) mass is 467 g/mol. The molecule has 4 rings (SSSR count). The van der Waals surface area contributed by atoms with E-state index in [1.165, 1.54) is 11.8 Å². The standard InChI is InChI=1S/C23H22ClN5O2S/c1-16-5-10-20(31-2)19(13-16)25-22(30)15-32-23-27-26-21(29(23)28-11-3-4-12-28)14-17-6-8-18(24)9-7-17/h3-13H,14-15H2,1-2H3,(H,25,30). The Morgan fingerprint density at radius 1 is 1.12 bits per heavy atom. The summed E-state index contributed by atoms with van der Waals surface area (Å²) in [6, 6.07) is 17.1. The fourth-order valence-corrected chi connectivity index (χ4v) is 4.09. The maximum Gasteiger partial charge on any atom is 0.234 e. The number of hydrogen-bond acceptors (Lipinski definition) is 5. The first-order chi connectivity index (χ1) is 15.5. The second kappa shape index (κ2) is 9.93. The van der Waals surface area contributed by atoms with E-state index in [1.54, 1.807) is 7.11 Å². The number of hydrogen-bond donors (Lipinski definition) is 1. The molecular formula is C23H22ClN5O2S. The third-order valence-corrected chi connectivity index (χ3v) is 5.90. The molecule has 0 aliphatic heterocycles. The highest BCUT2D eigenvalue weighted by Gasteiger charge is 2.17. The van der Waals surface area contributed by atoms with Gasteiger partial charge in [0.05, 0.1) is 18.6 Å². The number of carbonyl (C=O) groups is 1. The van der Waals surface area contributed by atoms with Crippen LogP contribution in [-0.4, -0.2) is 38.3 Å². The molecule has 0 unspecified atom stereocenters. The minimum Gasteiger partial charge on any atom is -0.495 e. The molecule has 0 aliphatic carbocycles. The van der Waals surface area contributed by atoms with Crippen LogP contribution < -0.4 is 10.1 Å². The molecule has 0 bridgehead atoms. The second-order valence-corrected chi connectivity index (χ2v) is 8.50. The van der Waals surface area contributed by atoms with Gasteiger partial charge in [-0.25, -0.2) is 4.68 Å². The number of benzene rings is 2. The van der Waals surface area contributed by atoms with Crippen LogP contribution in [-0.2, 0) is 11.2 Å². The van der Waals surface area contributed by atoms with E-state index < -0.39 is 0 Å². The molecule has 0 spiro atoms. The van der Waals surface area contributed by atoms with Gasteiger partial charge in [0.2, 0.25) is 11.1 Å². The van der Waals surface area contributed by atoms with Crippen molar-refractivity contribution in [1.82, 2.24) is 19.5 Å². The van der Waals surface area contributed by atoms with Crippen LogP contribution in [0, 0.1) is 6.92 Å². The Hall–Kier alpha value is -3.23. The number of anilines is 1. The van der Waals surface area contributed by atoms with Gasteiger partial charge in [0, 0.05) is 23.8 Å². The van der Waals surface area contributed by atoms with Crippen molar-refractivity contribution in [2.75, 3.05) is 18.2 Å². The van der Waals surface area contributed by atoms with Crippen LogP contribution in [0.4, 0.5) is 5.69 Å². The van der Waals surface area contributed by atoms with E-state index in [9.17, 15) is 4.79 Å².